The van der Waals surface area contributed by atoms with Gasteiger partial charge in [0.05, 0.1) is 6.61 Å². The predicted octanol–water partition coefficient (Wildman–Crippen LogP) is 3.92. The Hall–Kier alpha value is -1.12. The van der Waals surface area contributed by atoms with E-state index in [0.717, 1.165) is 32.5 Å². The second kappa shape index (κ2) is 9.76. The molecule has 0 aliphatic heterocycles. The summed E-state index contributed by atoms with van der Waals surface area (Å²) in [6.45, 7) is 11.7. The van der Waals surface area contributed by atoms with Crippen molar-refractivity contribution < 1.29 is 4.74 Å². The van der Waals surface area contributed by atoms with Gasteiger partial charge in [-0.3, -0.25) is 0 Å². The van der Waals surface area contributed by atoms with Crippen LogP contribution in [0.25, 0.3) is 0 Å². The molecule has 0 saturated carbocycles. The van der Waals surface area contributed by atoms with E-state index in [2.05, 4.69) is 50.0 Å². The maximum absolute atomic E-state index is 5.61. The molecule has 0 aliphatic carbocycles. The Balaban J connectivity index is 2.21. The molecule has 0 radical (unpaired) electrons. The molecule has 1 aromatic carbocycles. The van der Waals surface area contributed by atoms with Crippen LogP contribution in [0, 0.1) is 5.92 Å². The molecule has 0 spiro atoms. The normalized spacial score (nSPS) is 10.9. The molecule has 0 fully saturated rings. The summed E-state index contributed by atoms with van der Waals surface area (Å²) in [5.74, 6) is 0.697. The Labute approximate surface area is 117 Å². The number of hydrogen-bond donors (Lipinski definition) is 1. The first kappa shape index (κ1) is 15.9. The van der Waals surface area contributed by atoms with E-state index < -0.39 is 0 Å². The van der Waals surface area contributed by atoms with Gasteiger partial charge >= 0.3 is 0 Å². The molecule has 2 nitrogen and oxygen atoms in total. The van der Waals surface area contributed by atoms with Gasteiger partial charge < -0.3 is 10.1 Å². The molecule has 1 N–H and O–H groups in total. The minimum atomic E-state index is 0.697. The highest BCUT2D eigenvalue weighted by molar-refractivity contribution is 5.21. The zero-order chi connectivity index (χ0) is 13.9. The van der Waals surface area contributed by atoms with E-state index >= 15 is 0 Å². The van der Waals surface area contributed by atoms with Gasteiger partial charge in [-0.15, -0.1) is 6.58 Å². The highest BCUT2D eigenvalue weighted by atomic mass is 16.5. The fourth-order valence-corrected chi connectivity index (χ4v) is 1.78. The van der Waals surface area contributed by atoms with E-state index in [1.165, 1.54) is 11.1 Å². The van der Waals surface area contributed by atoms with Gasteiger partial charge in [-0.1, -0.05) is 44.2 Å². The maximum atomic E-state index is 5.61. The lowest BCUT2D eigenvalue weighted by Crippen LogP contribution is -2.18. The van der Waals surface area contributed by atoms with Gasteiger partial charge in [0.25, 0.3) is 0 Å². The summed E-state index contributed by atoms with van der Waals surface area (Å²) in [6, 6.07) is 8.66. The van der Waals surface area contributed by atoms with E-state index in [4.69, 9.17) is 4.74 Å². The molecule has 0 aromatic heterocycles. The van der Waals surface area contributed by atoms with Crippen molar-refractivity contribution in [3.05, 3.63) is 48.0 Å². The number of rotatable bonds is 10. The first-order valence-corrected chi connectivity index (χ1v) is 7.19. The lowest BCUT2D eigenvalue weighted by atomic mass is 10.1. The van der Waals surface area contributed by atoms with Gasteiger partial charge in [-0.2, -0.15) is 0 Å². The number of ether oxygens (including phenoxy) is 1. The van der Waals surface area contributed by atoms with Gasteiger partial charge in [0.1, 0.15) is 0 Å². The van der Waals surface area contributed by atoms with Gasteiger partial charge in [-0.25, -0.2) is 0 Å². The van der Waals surface area contributed by atoms with Crippen molar-refractivity contribution in [1.29, 1.82) is 0 Å². The Morgan fingerprint density at radius 2 is 1.89 bits per heavy atom. The molecule has 0 aliphatic rings. The Kier molecular flexibility index (Phi) is 8.19. The van der Waals surface area contributed by atoms with Crippen molar-refractivity contribution in [2.75, 3.05) is 13.2 Å². The van der Waals surface area contributed by atoms with E-state index in [0.29, 0.717) is 12.5 Å². The van der Waals surface area contributed by atoms with Crippen molar-refractivity contribution in [2.24, 2.45) is 5.92 Å². The number of allylic oxidation sites excluding steroid dienone is 1. The third kappa shape index (κ3) is 7.81. The van der Waals surface area contributed by atoms with Crippen LogP contribution in [0.1, 0.15) is 37.8 Å². The average molecular weight is 261 g/mol. The van der Waals surface area contributed by atoms with E-state index in [9.17, 15) is 0 Å². The monoisotopic (exact) mass is 261 g/mol. The van der Waals surface area contributed by atoms with Crippen LogP contribution in [0.3, 0.4) is 0 Å². The van der Waals surface area contributed by atoms with Crippen molar-refractivity contribution in [3.8, 4) is 0 Å². The summed E-state index contributed by atoms with van der Waals surface area (Å²) < 4.78 is 5.61. The average Bonchev–Trinajstić information content (AvgIpc) is 2.40. The van der Waals surface area contributed by atoms with Crippen molar-refractivity contribution in [1.82, 2.24) is 5.32 Å². The van der Waals surface area contributed by atoms with E-state index in [-0.39, 0.29) is 0 Å². The van der Waals surface area contributed by atoms with Gasteiger partial charge in [0, 0.05) is 13.2 Å². The second-order valence-corrected chi connectivity index (χ2v) is 5.32. The summed E-state index contributed by atoms with van der Waals surface area (Å²) in [5.41, 5.74) is 2.57. The minimum Gasteiger partial charge on any atom is -0.377 e. The molecule has 2 heteroatoms. The van der Waals surface area contributed by atoms with E-state index in [1.807, 2.05) is 6.08 Å². The first-order chi connectivity index (χ1) is 9.22. The third-order valence-corrected chi connectivity index (χ3v) is 2.87. The Bertz CT molecular complexity index is 343. The lowest BCUT2D eigenvalue weighted by Gasteiger charge is -2.08. The standard InChI is InChI=1S/C17H27NO/c1-4-5-6-11-19-14-17-9-7-16(8-10-17)13-18-12-15(2)3/h4,7-10,15,18H,1,5-6,11-14H2,2-3H3. The van der Waals surface area contributed by atoms with Crippen LogP contribution in [0.5, 0.6) is 0 Å². The fraction of sp³-hybridized carbons (Fsp3) is 0.529. The number of hydrogen-bond acceptors (Lipinski definition) is 2. The third-order valence-electron chi connectivity index (χ3n) is 2.87. The van der Waals surface area contributed by atoms with Crippen LogP contribution in [0.4, 0.5) is 0 Å². The summed E-state index contributed by atoms with van der Waals surface area (Å²) in [5, 5.41) is 3.45. The molecule has 1 aromatic rings. The molecule has 1 rings (SSSR count). The van der Waals surface area contributed by atoms with Crippen LogP contribution < -0.4 is 5.32 Å². The zero-order valence-corrected chi connectivity index (χ0v) is 12.3. The maximum Gasteiger partial charge on any atom is 0.0716 e. The number of unbranched alkanes of at least 4 members (excludes halogenated alkanes) is 1. The molecule has 0 atom stereocenters. The van der Waals surface area contributed by atoms with Crippen LogP contribution in [0.2, 0.25) is 0 Å². The van der Waals surface area contributed by atoms with Crippen LogP contribution in [-0.4, -0.2) is 13.2 Å². The highest BCUT2D eigenvalue weighted by Crippen LogP contribution is 2.06. The van der Waals surface area contributed by atoms with Crippen LogP contribution in [-0.2, 0) is 17.9 Å². The van der Waals surface area contributed by atoms with Crippen molar-refractivity contribution in [2.45, 2.75) is 39.8 Å². The molecule has 0 heterocycles. The molecule has 19 heavy (non-hydrogen) atoms. The molecule has 106 valence electrons. The van der Waals surface area contributed by atoms with Crippen LogP contribution >= 0.6 is 0 Å². The molecule has 0 amide bonds. The second-order valence-electron chi connectivity index (χ2n) is 5.32. The van der Waals surface area contributed by atoms with Gasteiger partial charge in [0.15, 0.2) is 0 Å². The quantitative estimate of drug-likeness (QED) is 0.509. The highest BCUT2D eigenvalue weighted by Gasteiger charge is 1.97. The van der Waals surface area contributed by atoms with Gasteiger partial charge in [-0.05, 0) is 36.4 Å². The smallest absolute Gasteiger partial charge is 0.0716 e. The molecular weight excluding hydrogens is 234 g/mol. The summed E-state index contributed by atoms with van der Waals surface area (Å²) >= 11 is 0. The predicted molar refractivity (Wildman–Crippen MR) is 82.1 cm³/mol. The molecule has 0 bridgehead atoms. The van der Waals surface area contributed by atoms with Gasteiger partial charge in [0.2, 0.25) is 0 Å². The number of benzene rings is 1. The zero-order valence-electron chi connectivity index (χ0n) is 12.3. The van der Waals surface area contributed by atoms with E-state index in [1.54, 1.807) is 0 Å². The Morgan fingerprint density at radius 1 is 1.21 bits per heavy atom. The largest absolute Gasteiger partial charge is 0.377 e. The molecular formula is C17H27NO. The first-order valence-electron chi connectivity index (χ1n) is 7.19. The SMILES string of the molecule is C=CCCCOCc1ccc(CNCC(C)C)cc1. The topological polar surface area (TPSA) is 21.3 Å². The van der Waals surface area contributed by atoms with Crippen molar-refractivity contribution in [3.63, 3.8) is 0 Å². The lowest BCUT2D eigenvalue weighted by molar-refractivity contribution is 0.119. The Morgan fingerprint density at radius 3 is 2.53 bits per heavy atom. The molecule has 0 saturated heterocycles. The van der Waals surface area contributed by atoms with Crippen LogP contribution in [0.15, 0.2) is 36.9 Å². The summed E-state index contributed by atoms with van der Waals surface area (Å²) in [4.78, 5) is 0. The fourth-order valence-electron chi connectivity index (χ4n) is 1.78. The number of nitrogens with one attached hydrogen (secondary N) is 1. The minimum absolute atomic E-state index is 0.697. The van der Waals surface area contributed by atoms with Crippen molar-refractivity contribution >= 4 is 0 Å². The summed E-state index contributed by atoms with van der Waals surface area (Å²) in [7, 11) is 0. The molecule has 0 unspecified atom stereocenters. The summed E-state index contributed by atoms with van der Waals surface area (Å²) in [6.07, 6.45) is 4.02.